The Labute approximate surface area is 79.8 Å². The van der Waals surface area contributed by atoms with E-state index in [0.29, 0.717) is 0 Å². The van der Waals surface area contributed by atoms with Gasteiger partial charge in [0.2, 0.25) is 0 Å². The van der Waals surface area contributed by atoms with Crippen LogP contribution < -0.4 is 0 Å². The number of hydrogen-bond donors (Lipinski definition) is 0. The van der Waals surface area contributed by atoms with Crippen molar-refractivity contribution in [1.29, 1.82) is 0 Å². The topological polar surface area (TPSA) is 52.6 Å². The van der Waals surface area contributed by atoms with Gasteiger partial charge in [-0.05, 0) is 0 Å². The number of halogens is 2. The van der Waals surface area contributed by atoms with Crippen molar-refractivity contribution in [3.8, 4) is 0 Å². The van der Waals surface area contributed by atoms with E-state index in [1.165, 1.54) is 0 Å². The molecule has 0 saturated carbocycles. The first-order valence-electron chi connectivity index (χ1n) is 1.14. The Morgan fingerprint density at radius 1 is 1.11 bits per heavy atom. The summed E-state index contributed by atoms with van der Waals surface area (Å²) >= 11 is -2.37. The molecule has 9 heteroatoms. The zero-order valence-corrected chi connectivity index (χ0v) is 10.1. The summed E-state index contributed by atoms with van der Waals surface area (Å²) < 4.78 is 28.6. The molecule has 66 valence electrons. The first-order valence-corrected chi connectivity index (χ1v) is 9.61. The Hall–Kier alpha value is 1.93. The maximum atomic E-state index is 10.3. The minimum absolute atomic E-state index is 1.18. The van der Waals surface area contributed by atoms with Crippen LogP contribution in [0.1, 0.15) is 0 Å². The van der Waals surface area contributed by atoms with Gasteiger partial charge >= 0.3 is 80.7 Å². The molecule has 0 aromatic carbocycles. The zero-order valence-electron chi connectivity index (χ0n) is 3.40. The van der Waals surface area contributed by atoms with E-state index >= 15 is 0 Å². The zero-order chi connectivity index (χ0) is 7.33. The molecule has 0 unspecified atom stereocenters. The molecule has 0 saturated heterocycles. The van der Waals surface area contributed by atoms with Crippen molar-refractivity contribution in [3.63, 3.8) is 0 Å². The van der Waals surface area contributed by atoms with Crippen molar-refractivity contribution in [2.75, 3.05) is 0 Å². The molecule has 0 aliphatic rings. The molecular formula is Au2Cl2O4S. The molecule has 4 nitrogen and oxygen atoms in total. The molecule has 0 aliphatic carbocycles. The first-order chi connectivity index (χ1) is 4.12. The molecule has 0 amide bonds. The summed E-state index contributed by atoms with van der Waals surface area (Å²) in [5, 5.41) is 0. The predicted octanol–water partition coefficient (Wildman–Crippen LogP) is 0.567. The number of hydrogen-bond acceptors (Lipinski definition) is 4. The van der Waals surface area contributed by atoms with Gasteiger partial charge in [-0.25, -0.2) is 0 Å². The van der Waals surface area contributed by atoms with Crippen LogP contribution in [0.2, 0.25) is 0 Å². The van der Waals surface area contributed by atoms with Crippen molar-refractivity contribution < 1.29 is 51.9 Å². The average molecular weight is 561 g/mol. The second-order valence-corrected chi connectivity index (χ2v) is 5.98. The van der Waals surface area contributed by atoms with Crippen LogP contribution in [0, 0.1) is 0 Å². The van der Waals surface area contributed by atoms with E-state index in [1.54, 1.807) is 0 Å². The molecule has 0 rings (SSSR count). The fourth-order valence-electron chi connectivity index (χ4n) is 0.0527. The molecule has 0 atom stereocenters. The normalized spacial score (nSPS) is 12.7. The molecule has 0 aromatic heterocycles. The molecule has 9 heavy (non-hydrogen) atoms. The number of rotatable bonds is 4. The molecule has 0 heterocycles. The van der Waals surface area contributed by atoms with Crippen LogP contribution in [-0.2, 0) is 53.9 Å². The summed E-state index contributed by atoms with van der Waals surface area (Å²) in [4.78, 5) is 0. The second-order valence-electron chi connectivity index (χ2n) is 0.602. The molecule has 0 spiro atoms. The molecule has 0 aromatic rings. The third-order valence-electron chi connectivity index (χ3n) is 0.161. The van der Waals surface area contributed by atoms with E-state index < -0.39 is 48.5 Å². The quantitative estimate of drug-likeness (QED) is 0.472. The van der Waals surface area contributed by atoms with Gasteiger partial charge in [0.15, 0.2) is 0 Å². The van der Waals surface area contributed by atoms with Gasteiger partial charge < -0.3 is 0 Å². The van der Waals surface area contributed by atoms with Gasteiger partial charge in [0, 0.05) is 0 Å². The summed E-state index contributed by atoms with van der Waals surface area (Å²) in [6, 6.07) is 0. The van der Waals surface area contributed by atoms with Crippen molar-refractivity contribution in [1.82, 2.24) is 0 Å². The SMILES string of the molecule is O=S(=O)([O][Au][Cl])[O][Au][Cl]. The van der Waals surface area contributed by atoms with Gasteiger partial charge in [0.25, 0.3) is 0 Å². The Balaban J connectivity index is 3.73. The Morgan fingerprint density at radius 2 is 1.44 bits per heavy atom. The van der Waals surface area contributed by atoms with Gasteiger partial charge in [-0.3, -0.25) is 0 Å². The Kier molecular flexibility index (Phi) is 6.76. The summed E-state index contributed by atoms with van der Waals surface area (Å²) in [5.74, 6) is 0. The standard InChI is InChI=1S/2Au.2ClH.H2O4S/c;;;;1-5(2,3)4/h;;2*1H;(H2,1,2,3,4)/q2*+2;;;/p-4. The van der Waals surface area contributed by atoms with E-state index in [0.717, 1.165) is 0 Å². The Morgan fingerprint density at radius 3 is 1.67 bits per heavy atom. The predicted molar refractivity (Wildman–Crippen MR) is 22.8 cm³/mol. The first kappa shape index (κ1) is 10.9. The van der Waals surface area contributed by atoms with Gasteiger partial charge in [0.1, 0.15) is 0 Å². The van der Waals surface area contributed by atoms with Crippen molar-refractivity contribution in [2.24, 2.45) is 0 Å². The fourth-order valence-corrected chi connectivity index (χ4v) is 4.67. The van der Waals surface area contributed by atoms with Crippen LogP contribution in [0.4, 0.5) is 0 Å². The maximum absolute atomic E-state index is 10.3. The molecule has 0 N–H and O–H groups in total. The molecule has 0 radical (unpaired) electrons. The Bertz CT molecular complexity index is 140. The van der Waals surface area contributed by atoms with Gasteiger partial charge in [-0.2, -0.15) is 0 Å². The monoisotopic (exact) mass is 560 g/mol. The molecule has 0 bridgehead atoms. The molecular weight excluding hydrogens is 561 g/mol. The third-order valence-corrected chi connectivity index (χ3v) is 5.82. The van der Waals surface area contributed by atoms with Crippen LogP contribution >= 0.6 is 18.4 Å². The van der Waals surface area contributed by atoms with Crippen molar-refractivity contribution >= 4 is 28.8 Å². The van der Waals surface area contributed by atoms with E-state index in [-0.39, 0.29) is 0 Å². The summed E-state index contributed by atoms with van der Waals surface area (Å²) in [6.07, 6.45) is 0. The van der Waals surface area contributed by atoms with Crippen LogP contribution in [0.25, 0.3) is 0 Å². The molecule has 0 aliphatic heterocycles. The summed E-state index contributed by atoms with van der Waals surface area (Å²) in [6.45, 7) is 0. The van der Waals surface area contributed by atoms with Gasteiger partial charge in [-0.1, -0.05) is 0 Å². The fraction of sp³-hybridized carbons (Fsp3) is 0. The second kappa shape index (κ2) is 5.56. The average Bonchev–Trinajstić information content (AvgIpc) is 1.64. The van der Waals surface area contributed by atoms with Crippen molar-refractivity contribution in [3.05, 3.63) is 0 Å². The minimum atomic E-state index is -3.86. The summed E-state index contributed by atoms with van der Waals surface area (Å²) in [7, 11) is 6.15. The van der Waals surface area contributed by atoms with Crippen molar-refractivity contribution in [2.45, 2.75) is 0 Å². The van der Waals surface area contributed by atoms with Gasteiger partial charge in [-0.15, -0.1) is 0 Å². The van der Waals surface area contributed by atoms with E-state index in [9.17, 15) is 8.42 Å². The van der Waals surface area contributed by atoms with E-state index in [2.05, 4.69) is 5.38 Å². The van der Waals surface area contributed by atoms with Crippen LogP contribution in [-0.4, -0.2) is 8.42 Å². The van der Waals surface area contributed by atoms with E-state index in [4.69, 9.17) is 18.4 Å². The van der Waals surface area contributed by atoms with Gasteiger partial charge in [0.05, 0.1) is 0 Å². The molecule has 0 fully saturated rings. The van der Waals surface area contributed by atoms with Crippen LogP contribution in [0.3, 0.4) is 0 Å². The van der Waals surface area contributed by atoms with Crippen LogP contribution in [0.5, 0.6) is 0 Å². The third kappa shape index (κ3) is 6.33. The van der Waals surface area contributed by atoms with E-state index in [1.807, 2.05) is 0 Å². The van der Waals surface area contributed by atoms with Crippen LogP contribution in [0.15, 0.2) is 0 Å². The summed E-state index contributed by atoms with van der Waals surface area (Å²) in [5.41, 5.74) is 0.